The number of hydrogen-bond donors (Lipinski definition) is 2. The fourth-order valence-corrected chi connectivity index (χ4v) is 2.02. The number of ether oxygens (including phenoxy) is 1. The number of hydrogen-bond acceptors (Lipinski definition) is 3. The summed E-state index contributed by atoms with van der Waals surface area (Å²) in [5.41, 5.74) is 13.4. The number of nitrogens with two attached hydrogens (primary N) is 2. The molecule has 1 atom stereocenters. The maximum atomic E-state index is 5.93. The smallest absolute Gasteiger partial charge is 0.147 e. The van der Waals surface area contributed by atoms with E-state index in [0.717, 1.165) is 22.2 Å². The topological polar surface area (TPSA) is 61.3 Å². The molecule has 1 aromatic rings. The van der Waals surface area contributed by atoms with Crippen molar-refractivity contribution in [1.82, 2.24) is 0 Å². The number of fused-ring (bicyclic) bond motifs is 1. The minimum atomic E-state index is 0.0450. The van der Waals surface area contributed by atoms with Crippen LogP contribution in [0, 0.1) is 0 Å². The van der Waals surface area contributed by atoms with Crippen molar-refractivity contribution in [3.05, 3.63) is 22.2 Å². The highest BCUT2D eigenvalue weighted by atomic mass is 79.9. The van der Waals surface area contributed by atoms with Crippen LogP contribution in [0.2, 0.25) is 0 Å². The molecule has 2 rings (SSSR count). The molecule has 1 aromatic carbocycles. The van der Waals surface area contributed by atoms with Crippen molar-refractivity contribution < 1.29 is 4.74 Å². The lowest BCUT2D eigenvalue weighted by Crippen LogP contribution is -2.21. The molecule has 0 unspecified atom stereocenters. The molecule has 4 heteroatoms. The SMILES string of the molecule is Nc1cc(Br)cc2c1OCC[C@H]2N. The lowest BCUT2D eigenvalue weighted by atomic mass is 10.0. The van der Waals surface area contributed by atoms with Gasteiger partial charge in [-0.2, -0.15) is 0 Å². The summed E-state index contributed by atoms with van der Waals surface area (Å²) in [5, 5.41) is 0. The van der Waals surface area contributed by atoms with E-state index < -0.39 is 0 Å². The Morgan fingerprint density at radius 3 is 3.00 bits per heavy atom. The number of anilines is 1. The average Bonchev–Trinajstić information content (AvgIpc) is 2.07. The van der Waals surface area contributed by atoms with E-state index in [4.69, 9.17) is 16.2 Å². The summed E-state index contributed by atoms with van der Waals surface area (Å²) in [6.45, 7) is 0.653. The predicted octanol–water partition coefficient (Wildman–Crippen LogP) is 1.81. The molecule has 70 valence electrons. The highest BCUT2D eigenvalue weighted by molar-refractivity contribution is 9.10. The van der Waals surface area contributed by atoms with Crippen molar-refractivity contribution in [1.29, 1.82) is 0 Å². The van der Waals surface area contributed by atoms with Crippen LogP contribution in [0.4, 0.5) is 5.69 Å². The van der Waals surface area contributed by atoms with E-state index in [1.807, 2.05) is 12.1 Å². The van der Waals surface area contributed by atoms with Crippen molar-refractivity contribution in [3.8, 4) is 5.75 Å². The van der Waals surface area contributed by atoms with Gasteiger partial charge in [-0.1, -0.05) is 15.9 Å². The molecule has 0 spiro atoms. The van der Waals surface area contributed by atoms with Crippen LogP contribution in [-0.4, -0.2) is 6.61 Å². The third-order valence-corrected chi connectivity index (χ3v) is 2.64. The lowest BCUT2D eigenvalue weighted by molar-refractivity contribution is 0.270. The van der Waals surface area contributed by atoms with Gasteiger partial charge < -0.3 is 16.2 Å². The summed E-state index contributed by atoms with van der Waals surface area (Å²) in [5.74, 6) is 0.752. The Morgan fingerprint density at radius 2 is 2.23 bits per heavy atom. The maximum absolute atomic E-state index is 5.93. The van der Waals surface area contributed by atoms with Crippen molar-refractivity contribution >= 4 is 21.6 Å². The number of nitrogen functional groups attached to an aromatic ring is 1. The van der Waals surface area contributed by atoms with Gasteiger partial charge in [0.1, 0.15) is 5.75 Å². The third kappa shape index (κ3) is 1.51. The zero-order valence-corrected chi connectivity index (χ0v) is 8.67. The van der Waals surface area contributed by atoms with Gasteiger partial charge in [-0.05, 0) is 12.1 Å². The van der Waals surface area contributed by atoms with E-state index >= 15 is 0 Å². The Morgan fingerprint density at radius 1 is 1.46 bits per heavy atom. The lowest BCUT2D eigenvalue weighted by Gasteiger charge is -2.24. The largest absolute Gasteiger partial charge is 0.491 e. The van der Waals surface area contributed by atoms with E-state index in [-0.39, 0.29) is 6.04 Å². The first kappa shape index (κ1) is 8.84. The summed E-state index contributed by atoms with van der Waals surface area (Å²) in [4.78, 5) is 0. The molecule has 1 aliphatic rings. The van der Waals surface area contributed by atoms with E-state index in [0.29, 0.717) is 12.3 Å². The van der Waals surface area contributed by atoms with Gasteiger partial charge in [0.05, 0.1) is 12.3 Å². The second-order valence-corrected chi connectivity index (χ2v) is 4.07. The van der Waals surface area contributed by atoms with E-state index in [2.05, 4.69) is 15.9 Å². The monoisotopic (exact) mass is 242 g/mol. The van der Waals surface area contributed by atoms with Crippen molar-refractivity contribution in [2.24, 2.45) is 5.73 Å². The van der Waals surface area contributed by atoms with Crippen LogP contribution in [0.15, 0.2) is 16.6 Å². The van der Waals surface area contributed by atoms with Gasteiger partial charge >= 0.3 is 0 Å². The quantitative estimate of drug-likeness (QED) is 0.683. The Balaban J connectivity index is 2.56. The number of benzene rings is 1. The van der Waals surface area contributed by atoms with Crippen molar-refractivity contribution in [3.63, 3.8) is 0 Å². The Bertz CT molecular complexity index is 341. The molecule has 0 saturated heterocycles. The van der Waals surface area contributed by atoms with Crippen LogP contribution in [0.3, 0.4) is 0 Å². The molecular weight excluding hydrogens is 232 g/mol. The molecule has 0 aromatic heterocycles. The highest BCUT2D eigenvalue weighted by Gasteiger charge is 2.20. The molecule has 0 saturated carbocycles. The van der Waals surface area contributed by atoms with Gasteiger partial charge in [0.25, 0.3) is 0 Å². The van der Waals surface area contributed by atoms with E-state index in [1.165, 1.54) is 0 Å². The van der Waals surface area contributed by atoms with Crippen LogP contribution < -0.4 is 16.2 Å². The third-order valence-electron chi connectivity index (χ3n) is 2.19. The van der Waals surface area contributed by atoms with Crippen molar-refractivity contribution in [2.75, 3.05) is 12.3 Å². The van der Waals surface area contributed by atoms with Gasteiger partial charge in [-0.15, -0.1) is 0 Å². The van der Waals surface area contributed by atoms with Crippen LogP contribution in [0.1, 0.15) is 18.0 Å². The molecule has 1 aliphatic heterocycles. The molecule has 0 amide bonds. The fraction of sp³-hybridized carbons (Fsp3) is 0.333. The number of rotatable bonds is 0. The molecule has 0 fully saturated rings. The van der Waals surface area contributed by atoms with Gasteiger partial charge in [0, 0.05) is 22.5 Å². The fourth-order valence-electron chi connectivity index (χ4n) is 1.52. The summed E-state index contributed by atoms with van der Waals surface area (Å²) in [6.07, 6.45) is 0.850. The van der Waals surface area contributed by atoms with Crippen LogP contribution >= 0.6 is 15.9 Å². The van der Waals surface area contributed by atoms with Crippen molar-refractivity contribution in [2.45, 2.75) is 12.5 Å². The summed E-state index contributed by atoms with van der Waals surface area (Å²) in [6, 6.07) is 3.84. The zero-order valence-electron chi connectivity index (χ0n) is 7.09. The van der Waals surface area contributed by atoms with Gasteiger partial charge in [-0.3, -0.25) is 0 Å². The molecule has 1 heterocycles. The van der Waals surface area contributed by atoms with Gasteiger partial charge in [0.15, 0.2) is 0 Å². The zero-order chi connectivity index (χ0) is 9.42. The van der Waals surface area contributed by atoms with E-state index in [1.54, 1.807) is 0 Å². The minimum absolute atomic E-state index is 0.0450. The number of halogens is 1. The van der Waals surface area contributed by atoms with E-state index in [9.17, 15) is 0 Å². The molecule has 0 aliphatic carbocycles. The second-order valence-electron chi connectivity index (χ2n) is 3.16. The summed E-state index contributed by atoms with van der Waals surface area (Å²) < 4.78 is 6.40. The minimum Gasteiger partial charge on any atom is -0.491 e. The standard InChI is InChI=1S/C9H11BrN2O/c10-5-3-6-7(11)1-2-13-9(6)8(12)4-5/h3-4,7H,1-2,11-12H2/t7-/m1/s1. The molecule has 3 nitrogen and oxygen atoms in total. The highest BCUT2D eigenvalue weighted by Crippen LogP contribution is 2.37. The van der Waals surface area contributed by atoms with Crippen LogP contribution in [0.25, 0.3) is 0 Å². The first-order valence-electron chi connectivity index (χ1n) is 4.16. The van der Waals surface area contributed by atoms with Crippen LogP contribution in [0.5, 0.6) is 5.75 Å². The molecular formula is C9H11BrN2O. The van der Waals surface area contributed by atoms with Crippen LogP contribution in [-0.2, 0) is 0 Å². The summed E-state index contributed by atoms with van der Waals surface area (Å²) >= 11 is 3.38. The average molecular weight is 243 g/mol. The van der Waals surface area contributed by atoms with Gasteiger partial charge in [0.2, 0.25) is 0 Å². The first-order valence-corrected chi connectivity index (χ1v) is 4.95. The Kier molecular flexibility index (Phi) is 2.17. The normalized spacial score (nSPS) is 20.6. The van der Waals surface area contributed by atoms with Gasteiger partial charge in [-0.25, -0.2) is 0 Å². The molecule has 0 radical (unpaired) electrons. The first-order chi connectivity index (χ1) is 6.18. The molecule has 13 heavy (non-hydrogen) atoms. The Hall–Kier alpha value is -0.740. The molecule has 0 bridgehead atoms. The summed E-state index contributed by atoms with van der Waals surface area (Å²) in [7, 11) is 0. The predicted molar refractivity (Wildman–Crippen MR) is 55.6 cm³/mol. The Labute approximate surface area is 85.2 Å². The second kappa shape index (κ2) is 3.20. The molecule has 4 N–H and O–H groups in total. The maximum Gasteiger partial charge on any atom is 0.147 e.